The zero-order valence-corrected chi connectivity index (χ0v) is 22.9. The summed E-state index contributed by atoms with van der Waals surface area (Å²) in [5, 5.41) is 19.2. The van der Waals surface area contributed by atoms with E-state index in [4.69, 9.17) is 11.5 Å². The Balaban J connectivity index is 1.80. The van der Waals surface area contributed by atoms with E-state index in [0.29, 0.717) is 25.9 Å². The lowest BCUT2D eigenvalue weighted by Gasteiger charge is -2.20. The van der Waals surface area contributed by atoms with Crippen molar-refractivity contribution in [3.05, 3.63) is 82.9 Å². The highest BCUT2D eigenvalue weighted by atomic mass is 16.4. The fraction of sp³-hybridized carbons (Fsp3) is 0.438. The van der Waals surface area contributed by atoms with Crippen LogP contribution in [0.15, 0.2) is 60.7 Å². The molecule has 3 rings (SSSR count). The molecule has 0 aliphatic carbocycles. The van der Waals surface area contributed by atoms with E-state index >= 15 is 0 Å². The van der Waals surface area contributed by atoms with E-state index in [1.807, 2.05) is 36.4 Å². The molecule has 0 heterocycles. The molecular formula is C32H44N4O3. The van der Waals surface area contributed by atoms with Crippen molar-refractivity contribution in [2.24, 2.45) is 23.3 Å². The predicted molar refractivity (Wildman–Crippen MR) is 159 cm³/mol. The first kappa shape index (κ1) is 30.4. The molecule has 0 aliphatic heterocycles. The molecule has 0 fully saturated rings. The van der Waals surface area contributed by atoms with E-state index in [1.165, 1.54) is 11.1 Å². The average molecular weight is 533 g/mol. The highest BCUT2D eigenvalue weighted by molar-refractivity contribution is 5.85. The molecule has 0 amide bonds. The number of rotatable bonds is 19. The molecule has 3 aromatic rings. The topological polar surface area (TPSA) is 130 Å². The smallest absolute Gasteiger partial charge is 0.307 e. The van der Waals surface area contributed by atoms with Gasteiger partial charge in [0.25, 0.3) is 0 Å². The van der Waals surface area contributed by atoms with Gasteiger partial charge in [-0.05, 0) is 111 Å². The van der Waals surface area contributed by atoms with Crippen molar-refractivity contribution in [3.8, 4) is 0 Å². The number of hydrogen-bond acceptors (Lipinski definition) is 6. The third-order valence-corrected chi connectivity index (χ3v) is 7.26. The number of hydrogen-bond donors (Lipinski definition) is 5. The largest absolute Gasteiger partial charge is 0.481 e. The SMILES string of the molecule is NCCCNCCc1cc2ccc(C[C@H](C(=O)O)[C@@H](C=O)Cc3ccccc3)cc2cc1CCNCCCN. The van der Waals surface area contributed by atoms with Gasteiger partial charge < -0.3 is 32.0 Å². The fourth-order valence-electron chi connectivity index (χ4n) is 5.03. The molecular weight excluding hydrogens is 488 g/mol. The standard InChI is InChI=1S/C32H44N4O3/c33-12-4-14-35-16-10-27-21-26-9-8-25(19-29(26)22-28(27)11-17-36-15-5-13-34)20-31(32(38)39)30(23-37)18-24-6-2-1-3-7-24/h1-3,6-9,19,21-23,30-31,35-36H,4-5,10-18,20,33-34H2,(H,38,39)/t30-,31+/m1/s1. The summed E-state index contributed by atoms with van der Waals surface area (Å²) in [6, 6.07) is 20.3. The Kier molecular flexibility index (Phi) is 13.1. The van der Waals surface area contributed by atoms with Crippen LogP contribution in [0, 0.1) is 11.8 Å². The van der Waals surface area contributed by atoms with Gasteiger partial charge in [0.2, 0.25) is 0 Å². The second-order valence-electron chi connectivity index (χ2n) is 10.2. The fourth-order valence-corrected chi connectivity index (χ4v) is 5.03. The Morgan fingerprint density at radius 3 is 1.95 bits per heavy atom. The number of carboxylic acid groups (broad SMARTS) is 1. The minimum absolute atomic E-state index is 0.310. The third kappa shape index (κ3) is 9.86. The minimum Gasteiger partial charge on any atom is -0.481 e. The maximum Gasteiger partial charge on any atom is 0.307 e. The van der Waals surface area contributed by atoms with E-state index in [9.17, 15) is 14.7 Å². The molecule has 39 heavy (non-hydrogen) atoms. The first-order valence-electron chi connectivity index (χ1n) is 14.1. The van der Waals surface area contributed by atoms with Crippen LogP contribution in [0.4, 0.5) is 0 Å². The van der Waals surface area contributed by atoms with Crippen molar-refractivity contribution in [1.29, 1.82) is 0 Å². The number of aldehydes is 1. The Labute approximate surface area is 232 Å². The molecule has 0 unspecified atom stereocenters. The number of nitrogens with two attached hydrogens (primary N) is 2. The second-order valence-corrected chi connectivity index (χ2v) is 10.2. The van der Waals surface area contributed by atoms with Crippen molar-refractivity contribution in [3.63, 3.8) is 0 Å². The molecule has 210 valence electrons. The summed E-state index contributed by atoms with van der Waals surface area (Å²) in [6.07, 6.45) is 5.29. The normalized spacial score (nSPS) is 12.9. The summed E-state index contributed by atoms with van der Waals surface area (Å²) in [7, 11) is 0. The van der Waals surface area contributed by atoms with Gasteiger partial charge in [-0.1, -0.05) is 60.7 Å². The van der Waals surface area contributed by atoms with Crippen LogP contribution < -0.4 is 22.1 Å². The quantitative estimate of drug-likeness (QED) is 0.118. The van der Waals surface area contributed by atoms with Crippen LogP contribution in [-0.4, -0.2) is 56.6 Å². The number of nitrogens with one attached hydrogen (secondary N) is 2. The summed E-state index contributed by atoms with van der Waals surface area (Å²) in [5.74, 6) is -2.32. The van der Waals surface area contributed by atoms with Gasteiger partial charge in [-0.25, -0.2) is 0 Å². The van der Waals surface area contributed by atoms with Crippen LogP contribution in [0.1, 0.15) is 35.1 Å². The Hall–Kier alpha value is -3.10. The molecule has 0 bridgehead atoms. The zero-order chi connectivity index (χ0) is 27.9. The van der Waals surface area contributed by atoms with Gasteiger partial charge >= 0.3 is 5.97 Å². The molecule has 0 radical (unpaired) electrons. The van der Waals surface area contributed by atoms with Crippen molar-refractivity contribution in [2.75, 3.05) is 39.3 Å². The molecule has 7 nitrogen and oxygen atoms in total. The van der Waals surface area contributed by atoms with E-state index in [2.05, 4.69) is 34.9 Å². The van der Waals surface area contributed by atoms with Crippen LogP contribution >= 0.6 is 0 Å². The third-order valence-electron chi connectivity index (χ3n) is 7.26. The van der Waals surface area contributed by atoms with Crippen LogP contribution in [0.25, 0.3) is 10.8 Å². The molecule has 7 heteroatoms. The van der Waals surface area contributed by atoms with Crippen molar-refractivity contribution in [1.82, 2.24) is 10.6 Å². The molecule has 2 atom stereocenters. The molecule has 0 saturated heterocycles. The van der Waals surface area contributed by atoms with E-state index in [0.717, 1.165) is 80.0 Å². The monoisotopic (exact) mass is 532 g/mol. The second kappa shape index (κ2) is 16.8. The van der Waals surface area contributed by atoms with E-state index in [1.54, 1.807) is 0 Å². The van der Waals surface area contributed by atoms with Crippen LogP contribution in [-0.2, 0) is 35.3 Å². The van der Waals surface area contributed by atoms with Gasteiger partial charge in [0.1, 0.15) is 6.29 Å². The molecule has 7 N–H and O–H groups in total. The maximum absolute atomic E-state index is 12.2. The van der Waals surface area contributed by atoms with Crippen molar-refractivity contribution in [2.45, 2.75) is 38.5 Å². The van der Waals surface area contributed by atoms with E-state index in [-0.39, 0.29) is 0 Å². The lowest BCUT2D eigenvalue weighted by molar-refractivity contribution is -0.145. The Morgan fingerprint density at radius 2 is 1.38 bits per heavy atom. The van der Waals surface area contributed by atoms with Gasteiger partial charge in [0.05, 0.1) is 5.92 Å². The number of aliphatic carboxylic acids is 1. The zero-order valence-electron chi connectivity index (χ0n) is 22.9. The number of fused-ring (bicyclic) bond motifs is 1. The maximum atomic E-state index is 12.2. The van der Waals surface area contributed by atoms with Crippen LogP contribution in [0.5, 0.6) is 0 Å². The number of carbonyl (C=O) groups excluding carboxylic acids is 1. The van der Waals surface area contributed by atoms with Gasteiger partial charge in [-0.2, -0.15) is 0 Å². The summed E-state index contributed by atoms with van der Waals surface area (Å²) >= 11 is 0. The first-order chi connectivity index (χ1) is 19.0. The number of carboxylic acids is 1. The van der Waals surface area contributed by atoms with Gasteiger partial charge in [0.15, 0.2) is 0 Å². The molecule has 3 aromatic carbocycles. The molecule has 0 spiro atoms. The van der Waals surface area contributed by atoms with Crippen molar-refractivity contribution < 1.29 is 14.7 Å². The highest BCUT2D eigenvalue weighted by Gasteiger charge is 2.28. The molecule has 0 aliphatic rings. The summed E-state index contributed by atoms with van der Waals surface area (Å²) in [4.78, 5) is 24.2. The number of benzene rings is 3. The highest BCUT2D eigenvalue weighted by Crippen LogP contribution is 2.26. The van der Waals surface area contributed by atoms with Crippen LogP contribution in [0.3, 0.4) is 0 Å². The minimum atomic E-state index is -0.940. The summed E-state index contributed by atoms with van der Waals surface area (Å²) < 4.78 is 0. The lowest BCUT2D eigenvalue weighted by atomic mass is 9.83. The van der Waals surface area contributed by atoms with Gasteiger partial charge in [-0.3, -0.25) is 4.79 Å². The van der Waals surface area contributed by atoms with Crippen molar-refractivity contribution >= 4 is 23.0 Å². The van der Waals surface area contributed by atoms with Gasteiger partial charge in [0, 0.05) is 5.92 Å². The first-order valence-corrected chi connectivity index (χ1v) is 14.1. The Bertz CT molecular complexity index is 1170. The average Bonchev–Trinajstić information content (AvgIpc) is 2.95. The van der Waals surface area contributed by atoms with Gasteiger partial charge in [-0.15, -0.1) is 0 Å². The summed E-state index contributed by atoms with van der Waals surface area (Å²) in [5.41, 5.74) is 15.7. The molecule has 0 aromatic heterocycles. The summed E-state index contributed by atoms with van der Waals surface area (Å²) in [6.45, 7) is 4.96. The Morgan fingerprint density at radius 1 is 0.769 bits per heavy atom. The number of carbonyl (C=O) groups is 2. The lowest BCUT2D eigenvalue weighted by Crippen LogP contribution is -2.28. The van der Waals surface area contributed by atoms with E-state index < -0.39 is 17.8 Å². The van der Waals surface area contributed by atoms with Crippen LogP contribution in [0.2, 0.25) is 0 Å². The molecule has 0 saturated carbocycles. The predicted octanol–water partition coefficient (Wildman–Crippen LogP) is 3.10.